The van der Waals surface area contributed by atoms with Crippen LogP contribution in [0.2, 0.25) is 0 Å². The molecule has 1 aromatic rings. The van der Waals surface area contributed by atoms with Crippen LogP contribution >= 0.6 is 0 Å². The van der Waals surface area contributed by atoms with Gasteiger partial charge < -0.3 is 15.8 Å². The van der Waals surface area contributed by atoms with E-state index in [-0.39, 0.29) is 6.61 Å². The Kier molecular flexibility index (Phi) is 1.69. The molecule has 0 fully saturated rings. The van der Waals surface area contributed by atoms with Crippen LogP contribution in [-0.4, -0.2) is 21.7 Å². The molecule has 9 heavy (non-hydrogen) atoms. The second kappa shape index (κ2) is 2.50. The highest BCUT2D eigenvalue weighted by atomic mass is 16.3. The van der Waals surface area contributed by atoms with Crippen molar-refractivity contribution in [3.05, 3.63) is 11.9 Å². The highest BCUT2D eigenvalue weighted by Crippen LogP contribution is 1.96. The number of anilines is 1. The minimum Gasteiger partial charge on any atom is -0.396 e. The first-order valence-electron chi connectivity index (χ1n) is 2.73. The van der Waals surface area contributed by atoms with Gasteiger partial charge in [0.1, 0.15) is 0 Å². The van der Waals surface area contributed by atoms with E-state index >= 15 is 0 Å². The van der Waals surface area contributed by atoms with Gasteiger partial charge in [-0.15, -0.1) is 0 Å². The van der Waals surface area contributed by atoms with Crippen LogP contribution in [0, 0.1) is 0 Å². The Hall–Kier alpha value is -1.03. The van der Waals surface area contributed by atoms with Gasteiger partial charge in [0.2, 0.25) is 0 Å². The summed E-state index contributed by atoms with van der Waals surface area (Å²) in [6.45, 7) is 0.115. The molecule has 0 saturated heterocycles. The van der Waals surface area contributed by atoms with Gasteiger partial charge in [-0.05, 0) is 0 Å². The summed E-state index contributed by atoms with van der Waals surface area (Å²) in [7, 11) is 0. The van der Waals surface area contributed by atoms with E-state index in [4.69, 9.17) is 10.8 Å². The van der Waals surface area contributed by atoms with Crippen molar-refractivity contribution in [3.8, 4) is 0 Å². The number of nitrogens with two attached hydrogens (primary N) is 1. The summed E-state index contributed by atoms with van der Waals surface area (Å²) < 4.78 is 0. The van der Waals surface area contributed by atoms with Crippen LogP contribution in [0.4, 0.5) is 5.95 Å². The van der Waals surface area contributed by atoms with E-state index in [1.165, 1.54) is 0 Å². The molecule has 1 rings (SSSR count). The number of aromatic nitrogens is 2. The minimum atomic E-state index is 0.115. The summed E-state index contributed by atoms with van der Waals surface area (Å²) in [4.78, 5) is 6.57. The first-order valence-corrected chi connectivity index (χ1v) is 2.73. The van der Waals surface area contributed by atoms with Gasteiger partial charge in [0, 0.05) is 19.2 Å². The van der Waals surface area contributed by atoms with Crippen LogP contribution in [0.3, 0.4) is 0 Å². The van der Waals surface area contributed by atoms with Gasteiger partial charge in [-0.25, -0.2) is 4.98 Å². The number of nitrogens with one attached hydrogen (secondary N) is 1. The van der Waals surface area contributed by atoms with Gasteiger partial charge in [-0.2, -0.15) is 0 Å². The number of hydrogen-bond acceptors (Lipinski definition) is 3. The molecule has 1 aromatic heterocycles. The quantitative estimate of drug-likeness (QED) is 0.502. The predicted molar refractivity (Wildman–Crippen MR) is 33.8 cm³/mol. The van der Waals surface area contributed by atoms with Gasteiger partial charge in [-0.1, -0.05) is 0 Å². The summed E-state index contributed by atoms with van der Waals surface area (Å²) in [6, 6.07) is 0. The maximum absolute atomic E-state index is 8.43. The Bertz CT molecular complexity index is 184. The fourth-order valence-corrected chi connectivity index (χ4v) is 0.619. The van der Waals surface area contributed by atoms with Crippen molar-refractivity contribution in [1.29, 1.82) is 0 Å². The number of hydrogen-bond donors (Lipinski definition) is 3. The third kappa shape index (κ3) is 1.43. The summed E-state index contributed by atoms with van der Waals surface area (Å²) in [5, 5.41) is 8.43. The van der Waals surface area contributed by atoms with E-state index in [1.807, 2.05) is 0 Å². The molecule has 4 heteroatoms. The zero-order valence-corrected chi connectivity index (χ0v) is 4.96. The minimum absolute atomic E-state index is 0.115. The van der Waals surface area contributed by atoms with Crippen molar-refractivity contribution in [2.24, 2.45) is 0 Å². The largest absolute Gasteiger partial charge is 0.396 e. The van der Waals surface area contributed by atoms with E-state index in [1.54, 1.807) is 6.20 Å². The molecule has 0 radical (unpaired) electrons. The average molecular weight is 127 g/mol. The first kappa shape index (κ1) is 6.10. The van der Waals surface area contributed by atoms with Gasteiger partial charge >= 0.3 is 0 Å². The van der Waals surface area contributed by atoms with Gasteiger partial charge in [0.15, 0.2) is 5.95 Å². The fourth-order valence-electron chi connectivity index (χ4n) is 0.619. The predicted octanol–water partition coefficient (Wildman–Crippen LogP) is -0.473. The monoisotopic (exact) mass is 127 g/mol. The number of aliphatic hydroxyl groups excluding tert-OH is 1. The van der Waals surface area contributed by atoms with Crippen molar-refractivity contribution in [2.45, 2.75) is 6.42 Å². The highest BCUT2D eigenvalue weighted by Gasteiger charge is 1.94. The molecule has 0 saturated carbocycles. The van der Waals surface area contributed by atoms with Crippen LogP contribution in [0.5, 0.6) is 0 Å². The van der Waals surface area contributed by atoms with E-state index in [9.17, 15) is 0 Å². The van der Waals surface area contributed by atoms with Crippen LogP contribution in [0.25, 0.3) is 0 Å². The lowest BCUT2D eigenvalue weighted by molar-refractivity contribution is 0.298. The SMILES string of the molecule is Nc1nc(CCO)c[nH]1. The smallest absolute Gasteiger partial charge is 0.197 e. The molecule has 0 unspecified atom stereocenters. The molecule has 4 N–H and O–H groups in total. The molecular formula is C5H9N3O. The topological polar surface area (TPSA) is 74.9 Å². The standard InChI is InChI=1S/C5H9N3O/c6-5-7-3-4(8-5)1-2-9/h3,9H,1-2H2,(H3,6,7,8). The second-order valence-electron chi connectivity index (χ2n) is 1.75. The van der Waals surface area contributed by atoms with Crippen LogP contribution in [0.1, 0.15) is 5.69 Å². The van der Waals surface area contributed by atoms with Gasteiger partial charge in [0.05, 0.1) is 5.69 Å². The lowest BCUT2D eigenvalue weighted by Crippen LogP contribution is -1.91. The lowest BCUT2D eigenvalue weighted by Gasteiger charge is -1.85. The molecule has 0 amide bonds. The van der Waals surface area contributed by atoms with Crippen molar-refractivity contribution in [1.82, 2.24) is 9.97 Å². The zero-order valence-electron chi connectivity index (χ0n) is 4.96. The molecular weight excluding hydrogens is 118 g/mol. The molecule has 50 valence electrons. The van der Waals surface area contributed by atoms with Crippen molar-refractivity contribution in [2.75, 3.05) is 12.3 Å². The Labute approximate surface area is 52.7 Å². The van der Waals surface area contributed by atoms with Crippen LogP contribution < -0.4 is 5.73 Å². The first-order chi connectivity index (χ1) is 4.33. The Morgan fingerprint density at radius 2 is 2.56 bits per heavy atom. The van der Waals surface area contributed by atoms with E-state index in [0.29, 0.717) is 12.4 Å². The van der Waals surface area contributed by atoms with Gasteiger partial charge in [-0.3, -0.25) is 0 Å². The number of nitrogen functional groups attached to an aromatic ring is 1. The van der Waals surface area contributed by atoms with Crippen molar-refractivity contribution < 1.29 is 5.11 Å². The molecule has 1 heterocycles. The normalized spacial score (nSPS) is 9.89. The van der Waals surface area contributed by atoms with E-state index in [2.05, 4.69) is 9.97 Å². The summed E-state index contributed by atoms with van der Waals surface area (Å²) >= 11 is 0. The summed E-state index contributed by atoms with van der Waals surface area (Å²) in [6.07, 6.45) is 2.25. The zero-order chi connectivity index (χ0) is 6.69. The molecule has 0 aromatic carbocycles. The number of rotatable bonds is 2. The number of aromatic amines is 1. The maximum Gasteiger partial charge on any atom is 0.197 e. The third-order valence-electron chi connectivity index (χ3n) is 1.02. The summed E-state index contributed by atoms with van der Waals surface area (Å²) in [5.74, 6) is 0.401. The molecule has 0 aliphatic heterocycles. The Morgan fingerprint density at radius 1 is 1.78 bits per heavy atom. The molecule has 0 aliphatic rings. The Balaban J connectivity index is 2.61. The average Bonchev–Trinajstić information content (AvgIpc) is 2.17. The molecule has 0 atom stereocenters. The van der Waals surface area contributed by atoms with Crippen molar-refractivity contribution in [3.63, 3.8) is 0 Å². The Morgan fingerprint density at radius 3 is 3.00 bits per heavy atom. The van der Waals surface area contributed by atoms with Crippen LogP contribution in [0.15, 0.2) is 6.20 Å². The third-order valence-corrected chi connectivity index (χ3v) is 1.02. The number of H-pyrrole nitrogens is 1. The van der Waals surface area contributed by atoms with Gasteiger partial charge in [0.25, 0.3) is 0 Å². The molecule has 4 nitrogen and oxygen atoms in total. The number of imidazole rings is 1. The molecule has 0 spiro atoms. The fraction of sp³-hybridized carbons (Fsp3) is 0.400. The lowest BCUT2D eigenvalue weighted by atomic mass is 10.4. The molecule has 0 aliphatic carbocycles. The van der Waals surface area contributed by atoms with Crippen LogP contribution in [-0.2, 0) is 6.42 Å². The van der Waals surface area contributed by atoms with Crippen molar-refractivity contribution >= 4 is 5.95 Å². The molecule has 0 bridgehead atoms. The number of nitrogens with zero attached hydrogens (tertiary/aromatic N) is 1. The van der Waals surface area contributed by atoms with E-state index < -0.39 is 0 Å². The summed E-state index contributed by atoms with van der Waals surface area (Å²) in [5.41, 5.74) is 6.06. The van der Waals surface area contributed by atoms with E-state index in [0.717, 1.165) is 5.69 Å². The maximum atomic E-state index is 8.43. The highest BCUT2D eigenvalue weighted by molar-refractivity contribution is 5.18. The number of aliphatic hydroxyl groups is 1. The second-order valence-corrected chi connectivity index (χ2v) is 1.75.